The number of hydrazine groups is 1. The molecule has 25 heavy (non-hydrogen) atoms. The van der Waals surface area contributed by atoms with Crippen molar-refractivity contribution in [3.8, 4) is 0 Å². The molecule has 2 aliphatic rings. The number of hydrogen-bond donors (Lipinski definition) is 2. The zero-order valence-corrected chi connectivity index (χ0v) is 15.6. The van der Waals surface area contributed by atoms with Crippen LogP contribution in [0.2, 0.25) is 10.0 Å². The van der Waals surface area contributed by atoms with Crippen molar-refractivity contribution in [3.05, 3.63) is 28.2 Å². The van der Waals surface area contributed by atoms with Gasteiger partial charge in [0.15, 0.2) is 5.11 Å². The highest BCUT2D eigenvalue weighted by molar-refractivity contribution is 7.80. The van der Waals surface area contributed by atoms with Gasteiger partial charge in [-0.1, -0.05) is 23.2 Å². The van der Waals surface area contributed by atoms with Crippen molar-refractivity contribution >= 4 is 63.9 Å². The van der Waals surface area contributed by atoms with Crippen LogP contribution in [0.3, 0.4) is 0 Å². The molecule has 2 heterocycles. The highest BCUT2D eigenvalue weighted by Crippen LogP contribution is 2.33. The lowest BCUT2D eigenvalue weighted by Crippen LogP contribution is -2.71. The highest BCUT2D eigenvalue weighted by atomic mass is 35.5. The standard InChI is InChI=1S/C15H14Cl2N4O3S/c1-15(2)13(24)19-14(25)20-11(22)6-10(21(15)20)12(23)18-9-5-7(16)3-4-8(9)17/h3-5,10H,6H2,1-2H3,(H,18,23)(H,19,24,25)/t10-/m1/s1. The average Bonchev–Trinajstić information content (AvgIpc) is 2.88. The molecule has 7 nitrogen and oxygen atoms in total. The number of halogens is 2. The fraction of sp³-hybridized carbons (Fsp3) is 0.333. The molecule has 0 bridgehead atoms. The third-order valence-corrected chi connectivity index (χ3v) is 4.98. The molecule has 2 N–H and O–H groups in total. The molecule has 2 fully saturated rings. The van der Waals surface area contributed by atoms with Gasteiger partial charge >= 0.3 is 0 Å². The van der Waals surface area contributed by atoms with Crippen molar-refractivity contribution in [2.45, 2.75) is 31.8 Å². The van der Waals surface area contributed by atoms with Crippen LogP contribution in [-0.4, -0.2) is 44.4 Å². The molecule has 0 aromatic heterocycles. The van der Waals surface area contributed by atoms with Crippen molar-refractivity contribution in [2.75, 3.05) is 5.32 Å². The maximum atomic E-state index is 12.8. The van der Waals surface area contributed by atoms with Gasteiger partial charge in [-0.25, -0.2) is 5.01 Å². The summed E-state index contributed by atoms with van der Waals surface area (Å²) in [4.78, 5) is 37.3. The molecular formula is C15H14Cl2N4O3S. The summed E-state index contributed by atoms with van der Waals surface area (Å²) in [6, 6.07) is 3.76. The molecule has 2 aliphatic heterocycles. The van der Waals surface area contributed by atoms with Crippen molar-refractivity contribution in [1.82, 2.24) is 15.3 Å². The number of nitrogens with zero attached hydrogens (tertiary/aromatic N) is 2. The molecule has 0 unspecified atom stereocenters. The Kier molecular flexibility index (Phi) is 4.48. The van der Waals surface area contributed by atoms with Crippen LogP contribution >= 0.6 is 35.4 Å². The Balaban J connectivity index is 1.92. The van der Waals surface area contributed by atoms with E-state index in [-0.39, 0.29) is 23.3 Å². The molecule has 0 radical (unpaired) electrons. The van der Waals surface area contributed by atoms with Crippen molar-refractivity contribution in [3.63, 3.8) is 0 Å². The quantitative estimate of drug-likeness (QED) is 0.741. The van der Waals surface area contributed by atoms with Gasteiger partial charge in [0.25, 0.3) is 0 Å². The van der Waals surface area contributed by atoms with Crippen LogP contribution in [0.4, 0.5) is 5.69 Å². The van der Waals surface area contributed by atoms with E-state index >= 15 is 0 Å². The molecule has 0 spiro atoms. The van der Waals surface area contributed by atoms with E-state index in [0.717, 1.165) is 0 Å². The Bertz CT molecular complexity index is 814. The Labute approximate surface area is 159 Å². The minimum absolute atomic E-state index is 0.0367. The van der Waals surface area contributed by atoms with Gasteiger partial charge in [-0.2, -0.15) is 5.01 Å². The number of fused-ring (bicyclic) bond motifs is 1. The minimum atomic E-state index is -1.13. The molecule has 2 saturated heterocycles. The first-order chi connectivity index (χ1) is 11.6. The summed E-state index contributed by atoms with van der Waals surface area (Å²) in [6.07, 6.45) is -0.109. The minimum Gasteiger partial charge on any atom is -0.323 e. The Morgan fingerprint density at radius 1 is 1.36 bits per heavy atom. The third-order valence-electron chi connectivity index (χ3n) is 4.15. The first-order valence-electron chi connectivity index (χ1n) is 7.36. The number of nitrogens with one attached hydrogen (secondary N) is 2. The normalized spacial score (nSPS) is 22.6. The van der Waals surface area contributed by atoms with Crippen molar-refractivity contribution in [1.29, 1.82) is 0 Å². The van der Waals surface area contributed by atoms with Crippen LogP contribution < -0.4 is 10.6 Å². The molecule has 1 aromatic rings. The molecule has 10 heteroatoms. The number of carbonyl (C=O) groups excluding carboxylic acids is 3. The van der Waals surface area contributed by atoms with Crippen LogP contribution in [0.5, 0.6) is 0 Å². The fourth-order valence-electron chi connectivity index (χ4n) is 2.87. The third kappa shape index (κ3) is 2.99. The number of anilines is 1. The lowest BCUT2D eigenvalue weighted by atomic mass is 10.00. The predicted octanol–water partition coefficient (Wildman–Crippen LogP) is 1.94. The lowest BCUT2D eigenvalue weighted by Gasteiger charge is -2.45. The predicted molar refractivity (Wildman–Crippen MR) is 97.0 cm³/mol. The molecule has 1 aromatic carbocycles. The van der Waals surface area contributed by atoms with E-state index in [4.69, 9.17) is 35.4 Å². The number of benzene rings is 1. The average molecular weight is 401 g/mol. The van der Waals surface area contributed by atoms with Gasteiger partial charge < -0.3 is 5.32 Å². The van der Waals surface area contributed by atoms with E-state index in [0.29, 0.717) is 15.7 Å². The molecule has 3 rings (SSSR count). The lowest BCUT2D eigenvalue weighted by molar-refractivity contribution is -0.154. The first-order valence-corrected chi connectivity index (χ1v) is 8.53. The zero-order valence-electron chi connectivity index (χ0n) is 13.3. The number of rotatable bonds is 2. The van der Waals surface area contributed by atoms with Crippen LogP contribution in [-0.2, 0) is 14.4 Å². The van der Waals surface area contributed by atoms with Crippen molar-refractivity contribution < 1.29 is 14.4 Å². The van der Waals surface area contributed by atoms with Gasteiger partial charge in [0, 0.05) is 5.02 Å². The van der Waals surface area contributed by atoms with Gasteiger partial charge in [-0.3, -0.25) is 19.7 Å². The number of thiocarbonyl (C=S) groups is 1. The van der Waals surface area contributed by atoms with E-state index in [1.54, 1.807) is 26.0 Å². The topological polar surface area (TPSA) is 81.8 Å². The second kappa shape index (κ2) is 6.21. The van der Waals surface area contributed by atoms with Gasteiger partial charge in [-0.15, -0.1) is 0 Å². The molecule has 132 valence electrons. The number of carbonyl (C=O) groups is 3. The van der Waals surface area contributed by atoms with E-state index in [1.807, 2.05) is 0 Å². The summed E-state index contributed by atoms with van der Waals surface area (Å²) in [5.74, 6) is -1.23. The molecular weight excluding hydrogens is 387 g/mol. The summed E-state index contributed by atoms with van der Waals surface area (Å²) < 4.78 is 0. The van der Waals surface area contributed by atoms with Crippen LogP contribution in [0.1, 0.15) is 20.3 Å². The second-order valence-electron chi connectivity index (χ2n) is 6.20. The largest absolute Gasteiger partial charge is 0.323 e. The van der Waals surface area contributed by atoms with E-state index in [1.165, 1.54) is 16.1 Å². The fourth-order valence-corrected chi connectivity index (χ4v) is 3.49. The monoisotopic (exact) mass is 400 g/mol. The maximum absolute atomic E-state index is 12.8. The highest BCUT2D eigenvalue weighted by Gasteiger charge is 2.56. The van der Waals surface area contributed by atoms with Crippen LogP contribution in [0.25, 0.3) is 0 Å². The van der Waals surface area contributed by atoms with Gasteiger partial charge in [0.05, 0.1) is 17.1 Å². The smallest absolute Gasteiger partial charge is 0.248 e. The Hall–Kier alpha value is -1.74. The van der Waals surface area contributed by atoms with Gasteiger partial charge in [0.2, 0.25) is 17.7 Å². The molecule has 0 aliphatic carbocycles. The Morgan fingerprint density at radius 3 is 2.72 bits per heavy atom. The molecule has 3 amide bonds. The van der Waals surface area contributed by atoms with Crippen LogP contribution in [0.15, 0.2) is 18.2 Å². The van der Waals surface area contributed by atoms with E-state index in [9.17, 15) is 14.4 Å². The Morgan fingerprint density at radius 2 is 2.04 bits per heavy atom. The summed E-state index contributed by atoms with van der Waals surface area (Å²) in [7, 11) is 0. The molecule has 1 atom stereocenters. The van der Waals surface area contributed by atoms with Crippen LogP contribution in [0, 0.1) is 0 Å². The summed E-state index contributed by atoms with van der Waals surface area (Å²) in [6.45, 7) is 3.23. The first kappa shape index (κ1) is 18.1. The van der Waals surface area contributed by atoms with E-state index in [2.05, 4.69) is 10.6 Å². The van der Waals surface area contributed by atoms with Gasteiger partial charge in [-0.05, 0) is 44.3 Å². The number of hydrogen-bond acceptors (Lipinski definition) is 5. The van der Waals surface area contributed by atoms with E-state index < -0.39 is 17.5 Å². The van der Waals surface area contributed by atoms with Crippen molar-refractivity contribution in [2.24, 2.45) is 0 Å². The maximum Gasteiger partial charge on any atom is 0.248 e. The second-order valence-corrected chi connectivity index (χ2v) is 7.43. The summed E-state index contributed by atoms with van der Waals surface area (Å²) >= 11 is 17.1. The molecule has 0 saturated carbocycles. The SMILES string of the molecule is CC1(C)C(=O)NC(=S)N2C(=O)C[C@H](C(=O)Nc3cc(Cl)ccc3Cl)N21. The van der Waals surface area contributed by atoms with Gasteiger partial charge in [0.1, 0.15) is 11.6 Å². The summed E-state index contributed by atoms with van der Waals surface area (Å²) in [5, 5.41) is 8.40. The summed E-state index contributed by atoms with van der Waals surface area (Å²) in [5.41, 5.74) is -0.805. The number of amides is 3. The zero-order chi connectivity index (χ0) is 18.5.